The third-order valence-corrected chi connectivity index (χ3v) is 4.10. The van der Waals surface area contributed by atoms with E-state index in [0.29, 0.717) is 8.95 Å². The average molecular weight is 383 g/mol. The molecule has 0 atom stereocenters. The number of nitrogens with zero attached hydrogens (tertiary/aromatic N) is 1. The van der Waals surface area contributed by atoms with Gasteiger partial charge in [-0.15, -0.1) is 0 Å². The molecule has 2 nitrogen and oxygen atoms in total. The average Bonchev–Trinajstić information content (AvgIpc) is 2.37. The Hall–Kier alpha value is -1.13. The summed E-state index contributed by atoms with van der Waals surface area (Å²) in [4.78, 5) is 4.44. The van der Waals surface area contributed by atoms with Crippen molar-refractivity contribution in [2.24, 2.45) is 4.99 Å². The van der Waals surface area contributed by atoms with Gasteiger partial charge in [0, 0.05) is 6.21 Å². The van der Waals surface area contributed by atoms with Crippen molar-refractivity contribution in [2.45, 2.75) is 13.8 Å². The molecule has 4 heteroatoms. The maximum atomic E-state index is 9.64. The van der Waals surface area contributed by atoms with Gasteiger partial charge in [0.2, 0.25) is 0 Å². The first kappa shape index (κ1) is 14.3. The lowest BCUT2D eigenvalue weighted by Crippen LogP contribution is -1.84. The first-order valence-electron chi connectivity index (χ1n) is 5.76. The Bertz CT molecular complexity index is 628. The second-order valence-electron chi connectivity index (χ2n) is 4.36. The van der Waals surface area contributed by atoms with Gasteiger partial charge in [0.1, 0.15) is 5.75 Å². The lowest BCUT2D eigenvalue weighted by molar-refractivity contribution is 0.468. The predicted molar refractivity (Wildman–Crippen MR) is 86.7 cm³/mol. The zero-order valence-corrected chi connectivity index (χ0v) is 13.8. The molecule has 0 fully saturated rings. The minimum Gasteiger partial charge on any atom is -0.506 e. The molecule has 0 aromatic heterocycles. The third kappa shape index (κ3) is 3.45. The van der Waals surface area contributed by atoms with E-state index in [-0.39, 0.29) is 5.75 Å². The zero-order chi connectivity index (χ0) is 14.0. The second kappa shape index (κ2) is 5.88. The van der Waals surface area contributed by atoms with E-state index in [9.17, 15) is 5.11 Å². The van der Waals surface area contributed by atoms with Gasteiger partial charge in [-0.1, -0.05) is 6.07 Å². The number of benzene rings is 2. The van der Waals surface area contributed by atoms with Gasteiger partial charge in [-0.25, -0.2) is 0 Å². The summed E-state index contributed by atoms with van der Waals surface area (Å²) in [5.74, 6) is 0.198. The number of hydrogen-bond donors (Lipinski definition) is 1. The van der Waals surface area contributed by atoms with Crippen molar-refractivity contribution in [1.82, 2.24) is 0 Å². The molecule has 0 spiro atoms. The van der Waals surface area contributed by atoms with E-state index >= 15 is 0 Å². The van der Waals surface area contributed by atoms with Crippen molar-refractivity contribution < 1.29 is 5.11 Å². The van der Waals surface area contributed by atoms with E-state index in [1.165, 1.54) is 11.1 Å². The number of phenolic OH excluding ortho intramolecular Hbond substituents is 1. The second-order valence-corrected chi connectivity index (χ2v) is 6.07. The number of aliphatic imine (C=N–C) groups is 1. The standard InChI is InChI=1S/C15H13Br2NO/c1-9-3-4-12(5-10(9)2)18-8-11-6-13(16)15(19)14(17)7-11/h3-8,19H,1-2H3. The molecule has 0 aliphatic heterocycles. The molecule has 0 aliphatic rings. The molecule has 2 aromatic carbocycles. The van der Waals surface area contributed by atoms with E-state index in [1.54, 1.807) is 6.21 Å². The summed E-state index contributed by atoms with van der Waals surface area (Å²) in [5, 5.41) is 9.64. The number of aromatic hydroxyl groups is 1. The summed E-state index contributed by atoms with van der Waals surface area (Å²) in [6.45, 7) is 4.15. The summed E-state index contributed by atoms with van der Waals surface area (Å²) in [6.07, 6.45) is 1.78. The number of aryl methyl sites for hydroxylation is 2. The molecule has 0 unspecified atom stereocenters. The van der Waals surface area contributed by atoms with E-state index in [0.717, 1.165) is 11.3 Å². The smallest absolute Gasteiger partial charge is 0.143 e. The summed E-state index contributed by atoms with van der Waals surface area (Å²) in [7, 11) is 0. The molecule has 98 valence electrons. The fourth-order valence-electron chi connectivity index (χ4n) is 1.61. The van der Waals surface area contributed by atoms with Gasteiger partial charge in [-0.3, -0.25) is 4.99 Å². The molecule has 0 bridgehead atoms. The van der Waals surface area contributed by atoms with Crippen LogP contribution in [0.25, 0.3) is 0 Å². The zero-order valence-electron chi connectivity index (χ0n) is 10.6. The van der Waals surface area contributed by atoms with E-state index in [4.69, 9.17) is 0 Å². The maximum absolute atomic E-state index is 9.64. The largest absolute Gasteiger partial charge is 0.506 e. The van der Waals surface area contributed by atoms with Crippen molar-refractivity contribution >= 4 is 43.8 Å². The lowest BCUT2D eigenvalue weighted by atomic mass is 10.1. The summed E-state index contributed by atoms with van der Waals surface area (Å²) in [6, 6.07) is 9.75. The number of halogens is 2. The maximum Gasteiger partial charge on any atom is 0.143 e. The topological polar surface area (TPSA) is 32.6 Å². The Labute approximate surface area is 129 Å². The van der Waals surface area contributed by atoms with Crippen molar-refractivity contribution in [3.8, 4) is 5.75 Å². The van der Waals surface area contributed by atoms with Crippen LogP contribution < -0.4 is 0 Å². The van der Waals surface area contributed by atoms with Gasteiger partial charge in [-0.2, -0.15) is 0 Å². The van der Waals surface area contributed by atoms with Crippen LogP contribution in [0, 0.1) is 13.8 Å². The van der Waals surface area contributed by atoms with Crippen LogP contribution in [0.2, 0.25) is 0 Å². The van der Waals surface area contributed by atoms with Crippen LogP contribution in [0.15, 0.2) is 44.3 Å². The fourth-order valence-corrected chi connectivity index (χ4v) is 2.84. The normalized spacial score (nSPS) is 11.2. The molecular formula is C15H13Br2NO. The molecular weight excluding hydrogens is 370 g/mol. The first-order chi connectivity index (χ1) is 8.97. The van der Waals surface area contributed by atoms with Crippen molar-refractivity contribution in [2.75, 3.05) is 0 Å². The molecule has 2 rings (SSSR count). The highest BCUT2D eigenvalue weighted by molar-refractivity contribution is 9.11. The van der Waals surface area contributed by atoms with Gasteiger partial charge in [0.25, 0.3) is 0 Å². The van der Waals surface area contributed by atoms with Crippen LogP contribution >= 0.6 is 31.9 Å². The van der Waals surface area contributed by atoms with Crippen LogP contribution in [-0.2, 0) is 0 Å². The van der Waals surface area contributed by atoms with E-state index in [2.05, 4.69) is 62.8 Å². The molecule has 2 aromatic rings. The SMILES string of the molecule is Cc1ccc(N=Cc2cc(Br)c(O)c(Br)c2)cc1C. The van der Waals surface area contributed by atoms with Crippen LogP contribution in [0.4, 0.5) is 5.69 Å². The van der Waals surface area contributed by atoms with Crippen LogP contribution in [0.1, 0.15) is 16.7 Å². The van der Waals surface area contributed by atoms with Crippen molar-refractivity contribution in [3.63, 3.8) is 0 Å². The quantitative estimate of drug-likeness (QED) is 0.703. The summed E-state index contributed by atoms with van der Waals surface area (Å²) in [5.41, 5.74) is 4.31. The van der Waals surface area contributed by atoms with E-state index < -0.39 is 0 Å². The Morgan fingerprint density at radius 3 is 2.21 bits per heavy atom. The minimum absolute atomic E-state index is 0.198. The van der Waals surface area contributed by atoms with Gasteiger partial charge < -0.3 is 5.11 Å². The molecule has 0 amide bonds. The Kier molecular flexibility index (Phi) is 4.42. The fraction of sp³-hybridized carbons (Fsp3) is 0.133. The Balaban J connectivity index is 2.30. The Morgan fingerprint density at radius 1 is 1.00 bits per heavy atom. The third-order valence-electron chi connectivity index (χ3n) is 2.89. The van der Waals surface area contributed by atoms with Gasteiger partial charge in [0.15, 0.2) is 0 Å². The molecule has 0 heterocycles. The number of phenols is 1. The summed E-state index contributed by atoms with van der Waals surface area (Å²) < 4.78 is 1.28. The van der Waals surface area contributed by atoms with Gasteiger partial charge in [0.05, 0.1) is 14.6 Å². The predicted octanol–water partition coefficient (Wildman–Crippen LogP) is 5.28. The highest BCUT2D eigenvalue weighted by atomic mass is 79.9. The van der Waals surface area contributed by atoms with Crippen LogP contribution in [0.5, 0.6) is 5.75 Å². The highest BCUT2D eigenvalue weighted by Gasteiger charge is 2.04. The highest BCUT2D eigenvalue weighted by Crippen LogP contribution is 2.33. The van der Waals surface area contributed by atoms with Crippen molar-refractivity contribution in [1.29, 1.82) is 0 Å². The molecule has 0 aliphatic carbocycles. The lowest BCUT2D eigenvalue weighted by Gasteiger charge is -2.03. The molecule has 1 N–H and O–H groups in total. The molecule has 0 radical (unpaired) electrons. The monoisotopic (exact) mass is 381 g/mol. The molecule has 0 saturated carbocycles. The number of hydrogen-bond acceptors (Lipinski definition) is 2. The van der Waals surface area contributed by atoms with Crippen LogP contribution in [-0.4, -0.2) is 11.3 Å². The van der Waals surface area contributed by atoms with Crippen molar-refractivity contribution in [3.05, 3.63) is 56.0 Å². The van der Waals surface area contributed by atoms with Gasteiger partial charge in [-0.05, 0) is 86.7 Å². The van der Waals surface area contributed by atoms with Gasteiger partial charge >= 0.3 is 0 Å². The van der Waals surface area contributed by atoms with Crippen LogP contribution in [0.3, 0.4) is 0 Å². The van der Waals surface area contributed by atoms with E-state index in [1.807, 2.05) is 18.2 Å². The minimum atomic E-state index is 0.198. The molecule has 0 saturated heterocycles. The molecule has 19 heavy (non-hydrogen) atoms. The Morgan fingerprint density at radius 2 is 1.63 bits per heavy atom. The summed E-state index contributed by atoms with van der Waals surface area (Å²) >= 11 is 6.61. The number of rotatable bonds is 2. The first-order valence-corrected chi connectivity index (χ1v) is 7.35.